The van der Waals surface area contributed by atoms with Gasteiger partial charge >= 0.3 is 0 Å². The first kappa shape index (κ1) is 17.2. The van der Waals surface area contributed by atoms with Crippen LogP contribution in [0.4, 0.5) is 0 Å². The second-order valence-corrected chi connectivity index (χ2v) is 5.45. The van der Waals surface area contributed by atoms with Crippen molar-refractivity contribution < 1.29 is 9.84 Å². The Labute approximate surface area is 123 Å². The van der Waals surface area contributed by atoms with Crippen LogP contribution in [-0.4, -0.2) is 17.8 Å². The van der Waals surface area contributed by atoms with Gasteiger partial charge in [-0.15, -0.1) is 0 Å². The maximum Gasteiger partial charge on any atom is 0.102 e. The van der Waals surface area contributed by atoms with Crippen molar-refractivity contribution in [3.8, 4) is 0 Å². The van der Waals surface area contributed by atoms with Crippen LogP contribution in [-0.2, 0) is 11.3 Å². The third-order valence-corrected chi connectivity index (χ3v) is 3.60. The van der Waals surface area contributed by atoms with E-state index in [1.54, 1.807) is 0 Å². The summed E-state index contributed by atoms with van der Waals surface area (Å²) in [6.07, 6.45) is 5.75. The third kappa shape index (κ3) is 6.51. The van der Waals surface area contributed by atoms with Gasteiger partial charge < -0.3 is 15.6 Å². The summed E-state index contributed by atoms with van der Waals surface area (Å²) in [7, 11) is 0. The maximum atomic E-state index is 10.1. The second-order valence-electron chi connectivity index (χ2n) is 5.45. The third-order valence-electron chi connectivity index (χ3n) is 3.60. The highest BCUT2D eigenvalue weighted by Crippen LogP contribution is 2.16. The molecule has 1 aromatic carbocycles. The minimum Gasteiger partial charge on any atom is -0.386 e. The van der Waals surface area contributed by atoms with Crippen molar-refractivity contribution in [3.63, 3.8) is 0 Å². The number of aliphatic hydroxyl groups is 1. The Morgan fingerprint density at radius 1 is 1.15 bits per heavy atom. The number of hydrogen-bond donors (Lipinski definition) is 2. The molecule has 0 aromatic heterocycles. The van der Waals surface area contributed by atoms with E-state index in [4.69, 9.17) is 10.5 Å². The van der Waals surface area contributed by atoms with Crippen LogP contribution in [0, 0.1) is 0 Å². The summed E-state index contributed by atoms with van der Waals surface area (Å²) in [5.74, 6) is 0. The second kappa shape index (κ2) is 9.92. The van der Waals surface area contributed by atoms with Gasteiger partial charge in [-0.2, -0.15) is 0 Å². The Morgan fingerprint density at radius 2 is 1.85 bits per heavy atom. The molecule has 0 aliphatic heterocycles. The number of hydrogen-bond acceptors (Lipinski definition) is 3. The molecule has 2 atom stereocenters. The molecule has 0 spiro atoms. The molecule has 0 bridgehead atoms. The molecule has 0 aliphatic rings. The highest BCUT2D eigenvalue weighted by atomic mass is 16.5. The molecule has 3 nitrogen and oxygen atoms in total. The van der Waals surface area contributed by atoms with Crippen LogP contribution >= 0.6 is 0 Å². The van der Waals surface area contributed by atoms with Gasteiger partial charge in [-0.25, -0.2) is 0 Å². The fourth-order valence-corrected chi connectivity index (χ4v) is 2.17. The highest BCUT2D eigenvalue weighted by molar-refractivity contribution is 5.24. The molecule has 0 saturated heterocycles. The predicted molar refractivity (Wildman–Crippen MR) is 83.5 cm³/mol. The number of benzene rings is 1. The minimum absolute atomic E-state index is 0.213. The monoisotopic (exact) mass is 279 g/mol. The van der Waals surface area contributed by atoms with Crippen molar-refractivity contribution in [2.75, 3.05) is 6.61 Å². The summed E-state index contributed by atoms with van der Waals surface area (Å²) in [6, 6.07) is 7.74. The Hall–Kier alpha value is -0.900. The van der Waals surface area contributed by atoms with Crippen molar-refractivity contribution in [2.24, 2.45) is 5.73 Å². The molecule has 0 aliphatic carbocycles. The molecule has 20 heavy (non-hydrogen) atoms. The van der Waals surface area contributed by atoms with Crippen LogP contribution in [0.2, 0.25) is 0 Å². The molecule has 2 unspecified atom stereocenters. The summed E-state index contributed by atoms with van der Waals surface area (Å²) in [4.78, 5) is 0. The fourth-order valence-electron chi connectivity index (χ4n) is 2.17. The predicted octanol–water partition coefficient (Wildman–Crippen LogP) is 3.55. The first-order chi connectivity index (χ1) is 9.67. The lowest BCUT2D eigenvalue weighted by molar-refractivity contribution is -0.00651. The summed E-state index contributed by atoms with van der Waals surface area (Å²) in [5, 5.41) is 10.1. The largest absolute Gasteiger partial charge is 0.386 e. The Bertz CT molecular complexity index is 351. The van der Waals surface area contributed by atoms with E-state index in [0.29, 0.717) is 13.2 Å². The van der Waals surface area contributed by atoms with E-state index in [1.165, 1.54) is 25.7 Å². The van der Waals surface area contributed by atoms with Gasteiger partial charge in [0.05, 0.1) is 12.7 Å². The van der Waals surface area contributed by atoms with Crippen LogP contribution in [0.1, 0.15) is 63.2 Å². The van der Waals surface area contributed by atoms with Crippen LogP contribution < -0.4 is 5.73 Å². The first-order valence-electron chi connectivity index (χ1n) is 7.76. The lowest BCUT2D eigenvalue weighted by atomic mass is 10.1. The van der Waals surface area contributed by atoms with E-state index >= 15 is 0 Å². The lowest BCUT2D eigenvalue weighted by Gasteiger charge is -2.17. The van der Waals surface area contributed by atoms with Gasteiger partial charge in [0.2, 0.25) is 0 Å². The van der Waals surface area contributed by atoms with Gasteiger partial charge in [0.1, 0.15) is 6.10 Å². The summed E-state index contributed by atoms with van der Waals surface area (Å²) >= 11 is 0. The molecule has 0 fully saturated rings. The first-order valence-corrected chi connectivity index (χ1v) is 7.76. The number of unbranched alkanes of at least 4 members (excludes halogenated alkanes) is 3. The zero-order chi connectivity index (χ0) is 14.8. The average molecular weight is 279 g/mol. The van der Waals surface area contributed by atoms with E-state index in [-0.39, 0.29) is 6.10 Å². The Morgan fingerprint density at radius 3 is 2.45 bits per heavy atom. The van der Waals surface area contributed by atoms with Crippen molar-refractivity contribution in [2.45, 2.75) is 64.7 Å². The van der Waals surface area contributed by atoms with Crippen LogP contribution in [0.25, 0.3) is 0 Å². The van der Waals surface area contributed by atoms with Gasteiger partial charge in [-0.3, -0.25) is 0 Å². The molecule has 0 heterocycles. The van der Waals surface area contributed by atoms with Gasteiger partial charge in [0, 0.05) is 6.54 Å². The number of ether oxygens (including phenoxy) is 1. The minimum atomic E-state index is -0.556. The molecular weight excluding hydrogens is 250 g/mol. The smallest absolute Gasteiger partial charge is 0.102 e. The quantitative estimate of drug-likeness (QED) is 0.644. The Balaban J connectivity index is 2.25. The van der Waals surface area contributed by atoms with Gasteiger partial charge in [-0.05, 0) is 24.5 Å². The molecular formula is C17H29NO2. The normalized spacial score (nSPS) is 14.2. The van der Waals surface area contributed by atoms with Crippen molar-refractivity contribution in [3.05, 3.63) is 35.4 Å². The van der Waals surface area contributed by atoms with Crippen molar-refractivity contribution in [1.29, 1.82) is 0 Å². The lowest BCUT2D eigenvalue weighted by Crippen LogP contribution is -2.14. The van der Waals surface area contributed by atoms with E-state index < -0.39 is 6.10 Å². The number of nitrogens with two attached hydrogens (primary N) is 1. The average Bonchev–Trinajstić information content (AvgIpc) is 2.49. The summed E-state index contributed by atoms with van der Waals surface area (Å²) in [6.45, 7) is 5.18. The van der Waals surface area contributed by atoms with Crippen molar-refractivity contribution >= 4 is 0 Å². The fraction of sp³-hybridized carbons (Fsp3) is 0.647. The van der Waals surface area contributed by atoms with E-state index in [9.17, 15) is 5.11 Å². The summed E-state index contributed by atoms with van der Waals surface area (Å²) in [5.41, 5.74) is 7.52. The highest BCUT2D eigenvalue weighted by Gasteiger charge is 2.10. The molecule has 0 radical (unpaired) electrons. The topological polar surface area (TPSA) is 55.5 Å². The van der Waals surface area contributed by atoms with Gasteiger partial charge in [0.25, 0.3) is 0 Å². The maximum absolute atomic E-state index is 10.1. The molecule has 114 valence electrons. The Kier molecular flexibility index (Phi) is 8.51. The van der Waals surface area contributed by atoms with Crippen LogP contribution in [0.3, 0.4) is 0 Å². The number of rotatable bonds is 10. The standard InChI is InChI=1S/C17H29NO2/c1-3-4-5-6-7-14(2)20-13-17(19)16-10-8-15(12-18)9-11-16/h8-11,14,17,19H,3-7,12-13,18H2,1-2H3. The zero-order valence-electron chi connectivity index (χ0n) is 12.8. The molecule has 3 N–H and O–H groups in total. The van der Waals surface area contributed by atoms with E-state index in [0.717, 1.165) is 17.5 Å². The van der Waals surface area contributed by atoms with Crippen LogP contribution in [0.5, 0.6) is 0 Å². The van der Waals surface area contributed by atoms with Crippen molar-refractivity contribution in [1.82, 2.24) is 0 Å². The molecule has 3 heteroatoms. The zero-order valence-corrected chi connectivity index (χ0v) is 12.8. The van der Waals surface area contributed by atoms with Gasteiger partial charge in [-0.1, -0.05) is 56.9 Å². The molecule has 0 amide bonds. The van der Waals surface area contributed by atoms with E-state index in [1.807, 2.05) is 24.3 Å². The van der Waals surface area contributed by atoms with E-state index in [2.05, 4.69) is 13.8 Å². The summed E-state index contributed by atoms with van der Waals surface area (Å²) < 4.78 is 5.72. The van der Waals surface area contributed by atoms with Gasteiger partial charge in [0.15, 0.2) is 0 Å². The van der Waals surface area contributed by atoms with Crippen LogP contribution in [0.15, 0.2) is 24.3 Å². The SMILES string of the molecule is CCCCCCC(C)OCC(O)c1ccc(CN)cc1. The molecule has 1 aromatic rings. The number of aliphatic hydroxyl groups excluding tert-OH is 1. The molecule has 0 saturated carbocycles. The molecule has 1 rings (SSSR count).